The number of aliphatic hydroxyl groups is 5. The molecule has 1 aromatic rings. The molecule has 1 aliphatic heterocycles. The molecule has 12 nitrogen and oxygen atoms in total. The first-order valence-electron chi connectivity index (χ1n) is 25.4. The summed E-state index contributed by atoms with van der Waals surface area (Å²) in [6, 6.07) is 1.95. The van der Waals surface area contributed by atoms with Gasteiger partial charge in [0.15, 0.2) is 11.7 Å². The number of aliphatic hydroxyl groups excluding tert-OH is 3. The quantitative estimate of drug-likeness (QED) is 0.0611. The summed E-state index contributed by atoms with van der Waals surface area (Å²) < 4.78 is 5.83. The number of ketones is 1. The number of carbonyl (C=O) groups excluding carboxylic acids is 2. The van der Waals surface area contributed by atoms with Crippen molar-refractivity contribution in [3.05, 3.63) is 35.7 Å². The van der Waals surface area contributed by atoms with E-state index < -0.39 is 64.0 Å². The van der Waals surface area contributed by atoms with Gasteiger partial charge in [-0.2, -0.15) is 0 Å². The predicted octanol–water partition coefficient (Wildman–Crippen LogP) is 6.15. The van der Waals surface area contributed by atoms with E-state index in [-0.39, 0.29) is 85.1 Å². The Bertz CT molecular complexity index is 2000. The summed E-state index contributed by atoms with van der Waals surface area (Å²) in [7, 11) is 0. The van der Waals surface area contributed by atoms with Crippen LogP contribution in [0.4, 0.5) is 0 Å². The first-order valence-corrected chi connectivity index (χ1v) is 25.4. The van der Waals surface area contributed by atoms with Crippen LogP contribution in [0.15, 0.2) is 35.1 Å². The van der Waals surface area contributed by atoms with Crippen LogP contribution in [0.2, 0.25) is 0 Å². The maximum atomic E-state index is 14.8. The van der Waals surface area contributed by atoms with Gasteiger partial charge in [0.05, 0.1) is 42.0 Å². The molecule has 17 atom stereocenters. The van der Waals surface area contributed by atoms with Gasteiger partial charge in [-0.05, 0) is 148 Å². The average Bonchev–Trinajstić information content (AvgIpc) is 3.99. The third-order valence-electron chi connectivity index (χ3n) is 19.3. The van der Waals surface area contributed by atoms with E-state index >= 15 is 0 Å². The number of esters is 1. The van der Waals surface area contributed by atoms with Crippen LogP contribution in [0.25, 0.3) is 0 Å². The van der Waals surface area contributed by atoms with Crippen molar-refractivity contribution in [1.29, 1.82) is 0 Å². The number of aliphatic imine (C=N–C) groups is 1. The number of hydrogen-bond acceptors (Lipinski definition) is 9. The Kier molecular flexibility index (Phi) is 13.9. The van der Waals surface area contributed by atoms with Crippen LogP contribution < -0.4 is 11.5 Å². The Morgan fingerprint density at radius 3 is 2.45 bits per heavy atom. The maximum Gasteiger partial charge on any atom is 0.313 e. The van der Waals surface area contributed by atoms with Crippen LogP contribution in [0.1, 0.15) is 149 Å². The molecular formula is C53H80N4O8. The number of cyclic esters (lactones) is 1. The molecule has 0 spiro atoms. The Morgan fingerprint density at radius 1 is 1.00 bits per heavy atom. The second-order valence-electron chi connectivity index (χ2n) is 23.0. The van der Waals surface area contributed by atoms with Gasteiger partial charge in [0.25, 0.3) is 0 Å². The van der Waals surface area contributed by atoms with Crippen molar-refractivity contribution < 1.29 is 39.9 Å². The molecule has 2 heterocycles. The topological polar surface area (TPSA) is 225 Å². The largest absolute Gasteiger partial charge is 0.465 e. The van der Waals surface area contributed by atoms with Crippen LogP contribution in [-0.4, -0.2) is 90.9 Å². The fourth-order valence-corrected chi connectivity index (χ4v) is 16.0. The van der Waals surface area contributed by atoms with Gasteiger partial charge in [-0.3, -0.25) is 14.6 Å². The van der Waals surface area contributed by atoms with Gasteiger partial charge >= 0.3 is 5.97 Å². The highest BCUT2D eigenvalue weighted by Gasteiger charge is 2.74. The second-order valence-corrected chi connectivity index (χ2v) is 23.0. The van der Waals surface area contributed by atoms with E-state index in [1.807, 2.05) is 18.5 Å². The Hall–Kier alpha value is -3.21. The molecule has 10 N–H and O–H groups in total. The molecule has 0 bridgehead atoms. The lowest BCUT2D eigenvalue weighted by Gasteiger charge is -2.64. The van der Waals surface area contributed by atoms with E-state index in [1.54, 1.807) is 13.0 Å². The first-order chi connectivity index (χ1) is 30.9. The minimum absolute atomic E-state index is 0.0102. The minimum Gasteiger partial charge on any atom is -0.465 e. The molecule has 6 aliphatic carbocycles. The lowest BCUT2D eigenvalue weighted by atomic mass is 9.41. The van der Waals surface area contributed by atoms with Crippen molar-refractivity contribution >= 4 is 17.7 Å². The molecule has 4 saturated carbocycles. The van der Waals surface area contributed by atoms with Crippen molar-refractivity contribution in [2.24, 2.45) is 92.4 Å². The maximum absolute atomic E-state index is 14.8. The number of aromatic amines is 1. The summed E-state index contributed by atoms with van der Waals surface area (Å²) in [4.78, 5) is 35.9. The molecule has 0 radical (unpaired) electrons. The highest BCUT2D eigenvalue weighted by Crippen LogP contribution is 2.73. The minimum atomic E-state index is -1.68. The van der Waals surface area contributed by atoms with Crippen molar-refractivity contribution in [2.75, 3.05) is 13.2 Å². The zero-order valence-electron chi connectivity index (χ0n) is 39.8. The molecule has 0 amide bonds. The molecule has 5 fully saturated rings. The second kappa shape index (κ2) is 18.7. The summed E-state index contributed by atoms with van der Waals surface area (Å²) in [5.41, 5.74) is 8.51. The number of carbonyl (C=O) groups is 2. The fourth-order valence-electron chi connectivity index (χ4n) is 16.0. The number of nitrogens with zero attached hydrogens (tertiary/aromatic N) is 1. The number of aromatic nitrogens is 1. The summed E-state index contributed by atoms with van der Waals surface area (Å²) in [5.74, 6) is 5.49. The number of H-pyrrole nitrogens is 1. The van der Waals surface area contributed by atoms with Gasteiger partial charge in [-0.25, -0.2) is 0 Å². The van der Waals surface area contributed by atoms with Crippen molar-refractivity contribution in [3.8, 4) is 11.8 Å². The predicted molar refractivity (Wildman–Crippen MR) is 249 cm³/mol. The van der Waals surface area contributed by atoms with Gasteiger partial charge in [-0.15, -0.1) is 5.92 Å². The van der Waals surface area contributed by atoms with Gasteiger partial charge in [-0.1, -0.05) is 59.3 Å². The third-order valence-corrected chi connectivity index (χ3v) is 19.3. The molecule has 65 heavy (non-hydrogen) atoms. The Balaban J connectivity index is 1.26. The fraction of sp³-hybridized carbons (Fsp3) is 0.792. The summed E-state index contributed by atoms with van der Waals surface area (Å²) in [5, 5.41) is 62.6. The van der Waals surface area contributed by atoms with Crippen LogP contribution in [-0.2, 0) is 14.3 Å². The van der Waals surface area contributed by atoms with E-state index in [2.05, 4.69) is 49.5 Å². The highest BCUT2D eigenvalue weighted by atomic mass is 16.5. The SMILES string of the molecule is CC(C)CC[C@H]1C[C@H]([C@H]2COC(=O)[C@@H]2c2cc[nH]c2)C#CC[C@H]2C[C@@]3(O)C4=CC(=O)[C@@H]5C[C@@H](O)[C@@H](O)C[C@]5(C5CCCCC5)[C@H]4CC[C@]3(CCN=C(N)N)[C@H]2[C@@](C)(O)[C@H](O)C[C@@H](C)[C@@H]1C. The molecule has 1 saturated heterocycles. The molecule has 7 aliphatic rings. The third kappa shape index (κ3) is 8.44. The van der Waals surface area contributed by atoms with Crippen molar-refractivity contribution in [3.63, 3.8) is 0 Å². The number of rotatable bonds is 9. The number of nitrogens with two attached hydrogens (primary N) is 2. The molecular weight excluding hydrogens is 821 g/mol. The van der Waals surface area contributed by atoms with Gasteiger partial charge in [0.2, 0.25) is 0 Å². The highest BCUT2D eigenvalue weighted by molar-refractivity contribution is 5.95. The first kappa shape index (κ1) is 48.3. The number of fused-ring (bicyclic) bond motifs is 7. The van der Waals surface area contributed by atoms with Crippen LogP contribution in [0, 0.1) is 87.8 Å². The standard InChI is InChI=1S/C53H80N4O8/c1-30(2)14-15-33-23-34(38-29-65-48(62)46(38)36-17-20-56-28-36)10-9-11-35-26-53(64)40-24-42(58)41-25-43(59)44(60)27-52(41,37-12-7-6-8-13-37)39(40)16-18-51(53,19-21-57-49(54)55)47(35)50(5,63)45(61)22-31(3)32(33)4/h17,20,24,28,30-35,37-39,41,43-47,56,59-61,63-64H,6-8,11-16,18-19,21-23,25-27,29H2,1-5H3,(H4,54,55,57)/t31-,32+,33+,34-,35+,38-,39+,41+,43-,44+,45-,46-,47-,50+,51+,52+,53-/m1/s1. The molecule has 360 valence electrons. The van der Waals surface area contributed by atoms with Crippen molar-refractivity contribution in [2.45, 2.75) is 173 Å². The summed E-state index contributed by atoms with van der Waals surface area (Å²) in [6.07, 6.45) is 12.9. The monoisotopic (exact) mass is 901 g/mol. The molecule has 0 unspecified atom stereocenters. The molecule has 12 heteroatoms. The van der Waals surface area contributed by atoms with Crippen LogP contribution >= 0.6 is 0 Å². The average molecular weight is 901 g/mol. The molecule has 8 rings (SSSR count). The Morgan fingerprint density at radius 2 is 1.75 bits per heavy atom. The van der Waals surface area contributed by atoms with Crippen molar-refractivity contribution in [1.82, 2.24) is 4.98 Å². The normalized spacial score (nSPS) is 44.7. The van der Waals surface area contributed by atoms with E-state index in [0.29, 0.717) is 50.0 Å². The lowest BCUT2D eigenvalue weighted by molar-refractivity contribution is -0.196. The number of hydrogen-bond donors (Lipinski definition) is 8. The lowest BCUT2D eigenvalue weighted by Crippen LogP contribution is -2.66. The van der Waals surface area contributed by atoms with Gasteiger partial charge in [0.1, 0.15) is 0 Å². The number of allylic oxidation sites excluding steroid dienone is 1. The van der Waals surface area contributed by atoms with Crippen LogP contribution in [0.3, 0.4) is 0 Å². The van der Waals surface area contributed by atoms with Crippen LogP contribution in [0.5, 0.6) is 0 Å². The molecule has 1 aromatic heterocycles. The Labute approximate surface area is 387 Å². The zero-order valence-corrected chi connectivity index (χ0v) is 39.8. The molecule has 0 aromatic carbocycles. The zero-order chi connectivity index (χ0) is 46.6. The van der Waals surface area contributed by atoms with E-state index in [0.717, 1.165) is 56.9 Å². The smallest absolute Gasteiger partial charge is 0.313 e. The summed E-state index contributed by atoms with van der Waals surface area (Å²) >= 11 is 0. The number of nitrogens with one attached hydrogen (secondary N) is 1. The van der Waals surface area contributed by atoms with Gasteiger partial charge in [0, 0.05) is 54.4 Å². The summed E-state index contributed by atoms with van der Waals surface area (Å²) in [6.45, 7) is 11.1. The van der Waals surface area contributed by atoms with E-state index in [1.165, 1.54) is 0 Å². The number of ether oxygens (including phenoxy) is 1. The van der Waals surface area contributed by atoms with Gasteiger partial charge < -0.3 is 46.7 Å². The van der Waals surface area contributed by atoms with E-state index in [4.69, 9.17) is 16.2 Å². The number of guanidine groups is 1. The van der Waals surface area contributed by atoms with E-state index in [9.17, 15) is 35.1 Å².